The number of nitrogens with two attached hydrogens (primary N) is 1. The zero-order valence-electron chi connectivity index (χ0n) is 44.5. The molecule has 5 fully saturated rings. The molecule has 5 aliphatic rings. The van der Waals surface area contributed by atoms with Gasteiger partial charge < -0.3 is 54.9 Å². The molecule has 5 N–H and O–H groups in total. The van der Waals surface area contributed by atoms with E-state index in [1.54, 1.807) is 36.1 Å². The van der Waals surface area contributed by atoms with E-state index in [2.05, 4.69) is 45.4 Å². The SMILES string of the molecule is Cc1ncsc1-c1ccc([C@H](C)NC(=O)[C@@H]2C[C@@H](O)CN2C(=O)[C@@H](c2cc(OCCC3CCN(C(=O)C4CC(Oc5cc(N6C7CC[C@@H]6CN(c6cc(-c8ccccc8O)nnc6N)C7)ccn5)C4)CC3)no2)C(C)C)cn1. The summed E-state index contributed by atoms with van der Waals surface area (Å²) in [6.07, 6.45) is 8.68. The first-order valence-corrected chi connectivity index (χ1v) is 28.2. The third kappa shape index (κ3) is 11.0. The fourth-order valence-corrected chi connectivity index (χ4v) is 12.9. The van der Waals surface area contributed by atoms with Crippen molar-refractivity contribution in [2.45, 2.75) is 121 Å². The number of aliphatic hydroxyl groups is 1. The van der Waals surface area contributed by atoms with Gasteiger partial charge in [-0.1, -0.05) is 32.0 Å². The number of nitrogens with one attached hydrogen (secondary N) is 1. The molecule has 6 atom stereocenters. The molecular formula is C57H68N12O8S. The van der Waals surface area contributed by atoms with Gasteiger partial charge in [0, 0.05) is 92.9 Å². The highest BCUT2D eigenvalue weighted by molar-refractivity contribution is 7.13. The lowest BCUT2D eigenvalue weighted by Crippen LogP contribution is -2.54. The van der Waals surface area contributed by atoms with Gasteiger partial charge in [0.25, 0.3) is 5.88 Å². The van der Waals surface area contributed by atoms with Gasteiger partial charge in [0.2, 0.25) is 23.6 Å². The number of hydrogen-bond donors (Lipinski definition) is 4. The molecule has 0 spiro atoms. The number of fused-ring (bicyclic) bond motifs is 2. The lowest BCUT2D eigenvalue weighted by atomic mass is 9.80. The van der Waals surface area contributed by atoms with Crippen LogP contribution in [-0.2, 0) is 14.4 Å². The van der Waals surface area contributed by atoms with E-state index in [1.807, 2.05) is 75.1 Å². The Hall–Kier alpha value is -7.39. The smallest absolute Gasteiger partial charge is 0.254 e. The second kappa shape index (κ2) is 22.5. The number of likely N-dealkylation sites (tertiary alicyclic amines) is 2. The van der Waals surface area contributed by atoms with Gasteiger partial charge in [-0.25, -0.2) is 9.97 Å². The van der Waals surface area contributed by atoms with Crippen LogP contribution in [0.2, 0.25) is 0 Å². The van der Waals surface area contributed by atoms with Crippen molar-refractivity contribution in [1.29, 1.82) is 0 Å². The van der Waals surface area contributed by atoms with Gasteiger partial charge in [-0.15, -0.1) is 21.5 Å². The number of ether oxygens (including phenoxy) is 2. The number of phenolic OH excluding ortho intramolecular Hbond substituents is 1. The van der Waals surface area contributed by atoms with E-state index < -0.39 is 18.1 Å². The molecule has 4 aliphatic heterocycles. The van der Waals surface area contributed by atoms with Crippen LogP contribution in [0.5, 0.6) is 17.5 Å². The third-order valence-corrected chi connectivity index (χ3v) is 17.4. The minimum atomic E-state index is -0.862. The number of phenols is 1. The Balaban J connectivity index is 0.610. The number of aromatic hydroxyl groups is 1. The number of piperidine rings is 1. The van der Waals surface area contributed by atoms with Gasteiger partial charge in [0.15, 0.2) is 11.6 Å². The summed E-state index contributed by atoms with van der Waals surface area (Å²) in [5.74, 6) is 0.589. The van der Waals surface area contributed by atoms with Crippen LogP contribution in [-0.4, -0.2) is 138 Å². The number of piperazine rings is 1. The van der Waals surface area contributed by atoms with Crippen LogP contribution in [0.1, 0.15) is 101 Å². The number of benzene rings is 1. The van der Waals surface area contributed by atoms with Crippen molar-refractivity contribution in [1.82, 2.24) is 45.4 Å². The second-order valence-electron chi connectivity index (χ2n) is 22.0. The zero-order valence-corrected chi connectivity index (χ0v) is 45.3. The van der Waals surface area contributed by atoms with Gasteiger partial charge in [0.1, 0.15) is 23.8 Å². The molecule has 410 valence electrons. The van der Waals surface area contributed by atoms with Gasteiger partial charge >= 0.3 is 0 Å². The average molecular weight is 1080 g/mol. The molecule has 3 amide bonds. The van der Waals surface area contributed by atoms with Crippen LogP contribution in [0, 0.1) is 24.7 Å². The Morgan fingerprint density at radius 2 is 1.68 bits per heavy atom. The van der Waals surface area contributed by atoms with E-state index >= 15 is 0 Å². The van der Waals surface area contributed by atoms with Crippen molar-refractivity contribution in [3.8, 4) is 39.3 Å². The molecule has 5 aromatic heterocycles. The van der Waals surface area contributed by atoms with Crippen molar-refractivity contribution in [2.75, 3.05) is 54.9 Å². The molecule has 21 heteroatoms. The molecule has 1 saturated carbocycles. The third-order valence-electron chi connectivity index (χ3n) is 16.5. The average Bonchev–Trinajstić information content (AvgIpc) is 4.29. The molecule has 2 bridgehead atoms. The number of aryl methyl sites for hydroxylation is 1. The van der Waals surface area contributed by atoms with Gasteiger partial charge in [-0.3, -0.25) is 19.4 Å². The molecule has 9 heterocycles. The molecule has 20 nitrogen and oxygen atoms in total. The van der Waals surface area contributed by atoms with Crippen LogP contribution in [0.15, 0.2) is 83.1 Å². The van der Waals surface area contributed by atoms with Crippen molar-refractivity contribution in [2.24, 2.45) is 17.8 Å². The standard InChI is InChI=1S/C57H68N12O8S/c1-32(2)52(57(74)68-30-41(70)24-47(68)55(72)62-33(3)36-9-12-44(60-27-36)53-34(4)61-31-78-53)49-26-51(65-77-49)75-20-16-35-14-18-66(19-15-35)56(73)37-21-42(22-37)76-50-23-38(13-17-59-50)69-39-10-11-40(69)29-67(28-39)46-25-45(63-64-54(46)58)43-7-5-6-8-48(43)71/h5-9,12-13,17,23,25-27,31-33,35,37,39-42,47,52,70-71H,10-11,14-16,18-22,24,28-30H2,1-4H3,(H2,58,64)(H,62,72)/t33-,37?,39+,40?,41+,42?,47-,52+/m0/s1. The molecule has 1 aromatic carbocycles. The number of amides is 3. The summed E-state index contributed by atoms with van der Waals surface area (Å²) in [7, 11) is 0. The largest absolute Gasteiger partial charge is 0.507 e. The summed E-state index contributed by atoms with van der Waals surface area (Å²) in [4.78, 5) is 64.3. The quantitative estimate of drug-likeness (QED) is 0.0722. The summed E-state index contributed by atoms with van der Waals surface area (Å²) >= 11 is 1.52. The minimum absolute atomic E-state index is 0.0293. The predicted molar refractivity (Wildman–Crippen MR) is 293 cm³/mol. The maximum absolute atomic E-state index is 14.3. The number of β-amino-alcohol motifs (C(OH)–C–C–N with tert-alkyl or cyclic N) is 1. The van der Waals surface area contributed by atoms with Crippen molar-refractivity contribution in [3.05, 3.63) is 95.6 Å². The summed E-state index contributed by atoms with van der Waals surface area (Å²) in [6, 6.07) is 17.9. The highest BCUT2D eigenvalue weighted by Crippen LogP contribution is 2.41. The Bertz CT molecular complexity index is 3090. The number of rotatable bonds is 17. The van der Waals surface area contributed by atoms with E-state index in [9.17, 15) is 24.6 Å². The Morgan fingerprint density at radius 3 is 2.40 bits per heavy atom. The van der Waals surface area contributed by atoms with Crippen LogP contribution >= 0.6 is 11.3 Å². The Kier molecular flexibility index (Phi) is 15.2. The summed E-state index contributed by atoms with van der Waals surface area (Å²) in [6.45, 7) is 11.0. The molecule has 1 aliphatic carbocycles. The normalized spacial score (nSPS) is 23.1. The number of para-hydroxylation sites is 1. The Morgan fingerprint density at radius 1 is 0.897 bits per heavy atom. The van der Waals surface area contributed by atoms with Crippen molar-refractivity contribution in [3.63, 3.8) is 0 Å². The lowest BCUT2D eigenvalue weighted by Gasteiger charge is -2.43. The van der Waals surface area contributed by atoms with E-state index in [0.717, 1.165) is 78.4 Å². The predicted octanol–water partition coefficient (Wildman–Crippen LogP) is 6.94. The molecule has 78 heavy (non-hydrogen) atoms. The molecular weight excluding hydrogens is 1010 g/mol. The topological polar surface area (TPSA) is 252 Å². The first-order valence-electron chi connectivity index (χ1n) is 27.4. The van der Waals surface area contributed by atoms with Crippen LogP contribution < -0.4 is 30.3 Å². The number of carbonyl (C=O) groups excluding carboxylic acids is 3. The van der Waals surface area contributed by atoms with E-state index in [-0.39, 0.29) is 78.4 Å². The monoisotopic (exact) mass is 1080 g/mol. The molecule has 1 unspecified atom stereocenters. The van der Waals surface area contributed by atoms with Crippen LogP contribution in [0.25, 0.3) is 21.8 Å². The highest BCUT2D eigenvalue weighted by atomic mass is 32.1. The maximum atomic E-state index is 14.3. The first-order chi connectivity index (χ1) is 37.7. The van der Waals surface area contributed by atoms with E-state index in [4.69, 9.17) is 19.7 Å². The van der Waals surface area contributed by atoms with Crippen molar-refractivity contribution >= 4 is 46.3 Å². The van der Waals surface area contributed by atoms with Gasteiger partial charge in [0.05, 0.1) is 51.9 Å². The van der Waals surface area contributed by atoms with E-state index in [0.29, 0.717) is 67.2 Å². The fraction of sp³-hybridized carbons (Fsp3) is 0.491. The summed E-state index contributed by atoms with van der Waals surface area (Å²) in [5.41, 5.74) is 13.8. The number of nitrogen functional groups attached to an aromatic ring is 1. The van der Waals surface area contributed by atoms with Gasteiger partial charge in [-0.05, 0) is 112 Å². The Labute approximate surface area is 457 Å². The number of pyridine rings is 2. The zero-order chi connectivity index (χ0) is 54.2. The number of thiazole rings is 1. The molecule has 0 radical (unpaired) electrons. The fourth-order valence-electron chi connectivity index (χ4n) is 12.1. The molecule has 11 rings (SSSR count). The molecule has 6 aromatic rings. The molecule has 4 saturated heterocycles. The number of nitrogens with zero attached hydrogens (tertiary/aromatic N) is 10. The number of aliphatic hydroxyl groups excluding tert-OH is 1. The highest BCUT2D eigenvalue weighted by Gasteiger charge is 2.45. The van der Waals surface area contributed by atoms with E-state index in [1.165, 1.54) is 16.2 Å². The lowest BCUT2D eigenvalue weighted by molar-refractivity contribution is -0.143. The number of anilines is 3. The second-order valence-corrected chi connectivity index (χ2v) is 22.9. The number of aromatic nitrogens is 6. The summed E-state index contributed by atoms with van der Waals surface area (Å²) < 4.78 is 18.2. The van der Waals surface area contributed by atoms with Crippen molar-refractivity contribution < 1.29 is 38.6 Å². The first kappa shape index (κ1) is 52.7. The number of hydrogen-bond acceptors (Lipinski definition) is 18. The van der Waals surface area contributed by atoms with Gasteiger partial charge in [-0.2, -0.15) is 0 Å². The van der Waals surface area contributed by atoms with Crippen LogP contribution in [0.3, 0.4) is 0 Å². The maximum Gasteiger partial charge on any atom is 0.254 e. The minimum Gasteiger partial charge on any atom is -0.507 e. The number of carbonyl (C=O) groups is 3. The summed E-state index contributed by atoms with van der Waals surface area (Å²) in [5, 5.41) is 36.9. The van der Waals surface area contributed by atoms with Crippen LogP contribution in [0.4, 0.5) is 17.2 Å².